The van der Waals surface area contributed by atoms with Gasteiger partial charge in [0.1, 0.15) is 16.5 Å². The molecule has 0 saturated carbocycles. The zero-order chi connectivity index (χ0) is 10.4. The van der Waals surface area contributed by atoms with Gasteiger partial charge in [0.05, 0.1) is 0 Å². The Labute approximate surface area is 114 Å². The summed E-state index contributed by atoms with van der Waals surface area (Å²) in [5.41, 5.74) is 0. The predicted octanol–water partition coefficient (Wildman–Crippen LogP) is -4.17. The Balaban J connectivity index is -0.0000000625. The van der Waals surface area contributed by atoms with Gasteiger partial charge in [-0.1, -0.05) is 39.3 Å². The van der Waals surface area contributed by atoms with Gasteiger partial charge in [-0.05, 0) is 0 Å². The summed E-state index contributed by atoms with van der Waals surface area (Å²) in [6.07, 6.45) is 0. The minimum atomic E-state index is -1.44. The van der Waals surface area contributed by atoms with Crippen LogP contribution in [0.2, 0.25) is 39.3 Å². The molecular formula is C6H20Li2N2O2Si2. The second-order valence-electron chi connectivity index (χ2n) is 4.70. The summed E-state index contributed by atoms with van der Waals surface area (Å²) < 4.78 is 0. The normalized spacial score (nSPS) is 10.3. The molecule has 0 aliphatic heterocycles. The van der Waals surface area contributed by atoms with Crippen molar-refractivity contribution in [2.75, 3.05) is 0 Å². The SMILES string of the molecule is C[Si](C)(C)N[O-].C[Si](C)(C)N[O-].[Li+].[Li+]. The van der Waals surface area contributed by atoms with Gasteiger partial charge in [0.2, 0.25) is 0 Å². The van der Waals surface area contributed by atoms with E-state index >= 15 is 0 Å². The molecule has 0 aromatic rings. The molecule has 0 aromatic heterocycles. The van der Waals surface area contributed by atoms with E-state index in [2.05, 4.69) is 0 Å². The first-order valence-electron chi connectivity index (χ1n) is 3.91. The van der Waals surface area contributed by atoms with Crippen LogP contribution in [0.5, 0.6) is 0 Å². The zero-order valence-electron chi connectivity index (χ0n) is 10.8. The topological polar surface area (TPSA) is 70.2 Å². The van der Waals surface area contributed by atoms with Crippen LogP contribution in [0.25, 0.3) is 0 Å². The monoisotopic (exact) mass is 222 g/mol. The summed E-state index contributed by atoms with van der Waals surface area (Å²) in [4.78, 5) is 0. The quantitative estimate of drug-likeness (QED) is 0.367. The van der Waals surface area contributed by atoms with Crippen LogP contribution in [0.4, 0.5) is 0 Å². The average molecular weight is 222 g/mol. The number of hydrogen-bond acceptors (Lipinski definition) is 4. The molecule has 0 unspecified atom stereocenters. The second-order valence-corrected chi connectivity index (χ2v) is 14.1. The molecule has 0 heterocycles. The maximum atomic E-state index is 9.76. The van der Waals surface area contributed by atoms with E-state index in [1.165, 1.54) is 0 Å². The number of nitrogens with one attached hydrogen (secondary N) is 2. The molecular weight excluding hydrogens is 202 g/mol. The third-order valence-corrected chi connectivity index (χ3v) is 1.84. The van der Waals surface area contributed by atoms with Crippen LogP contribution in [-0.2, 0) is 0 Å². The van der Waals surface area contributed by atoms with E-state index in [9.17, 15) is 10.4 Å². The van der Waals surface area contributed by atoms with E-state index in [0.29, 0.717) is 0 Å². The third kappa shape index (κ3) is 37.5. The van der Waals surface area contributed by atoms with Crippen LogP contribution >= 0.6 is 0 Å². The van der Waals surface area contributed by atoms with E-state index in [4.69, 9.17) is 0 Å². The third-order valence-electron chi connectivity index (χ3n) is 0.612. The Bertz CT molecular complexity index is 103. The standard InChI is InChI=1S/2C3H10NOSi.2Li/c2*1-6(2,3)4-5;;/h2*4H,1-3H3;;/q2*-1;2*+1. The van der Waals surface area contributed by atoms with E-state index < -0.39 is 16.5 Å². The van der Waals surface area contributed by atoms with Crippen molar-refractivity contribution in [2.45, 2.75) is 39.3 Å². The van der Waals surface area contributed by atoms with Crippen LogP contribution in [0.3, 0.4) is 0 Å². The molecule has 76 valence electrons. The molecule has 0 aromatic carbocycles. The summed E-state index contributed by atoms with van der Waals surface area (Å²) in [7, 11) is -2.87. The average Bonchev–Trinajstić information content (AvgIpc) is 1.86. The number of hydrogen-bond donors (Lipinski definition) is 2. The summed E-state index contributed by atoms with van der Waals surface area (Å²) >= 11 is 0. The van der Waals surface area contributed by atoms with Crippen LogP contribution in [0, 0.1) is 10.4 Å². The fourth-order valence-corrected chi connectivity index (χ4v) is 0. The van der Waals surface area contributed by atoms with E-state index in [-0.39, 0.29) is 37.7 Å². The molecule has 0 saturated heterocycles. The first-order valence-corrected chi connectivity index (χ1v) is 10.9. The molecule has 0 fully saturated rings. The molecule has 0 atom stereocenters. The first-order chi connectivity index (χ1) is 5.12. The van der Waals surface area contributed by atoms with E-state index in [1.807, 2.05) is 49.6 Å². The van der Waals surface area contributed by atoms with Crippen molar-refractivity contribution < 1.29 is 37.7 Å². The Morgan fingerprint density at radius 2 is 0.714 bits per heavy atom. The van der Waals surface area contributed by atoms with Gasteiger partial charge in [-0.15, -0.1) is 0 Å². The van der Waals surface area contributed by atoms with Crippen molar-refractivity contribution in [3.63, 3.8) is 0 Å². The van der Waals surface area contributed by atoms with Crippen LogP contribution in [-0.4, -0.2) is 16.5 Å². The molecule has 0 radical (unpaired) electrons. The smallest absolute Gasteiger partial charge is 0.794 e. The molecule has 0 spiro atoms. The fraction of sp³-hybridized carbons (Fsp3) is 1.00. The van der Waals surface area contributed by atoms with Gasteiger partial charge in [-0.2, -0.15) is 0 Å². The first kappa shape index (κ1) is 24.6. The molecule has 0 aliphatic rings. The predicted molar refractivity (Wildman–Crippen MR) is 59.7 cm³/mol. The van der Waals surface area contributed by atoms with Crippen molar-refractivity contribution in [3.05, 3.63) is 10.4 Å². The Morgan fingerprint density at radius 3 is 0.714 bits per heavy atom. The van der Waals surface area contributed by atoms with Gasteiger partial charge >= 0.3 is 37.7 Å². The Hall–Kier alpha value is 1.47. The maximum Gasteiger partial charge on any atom is 1.00 e. The fourth-order valence-electron chi connectivity index (χ4n) is 0. The molecule has 0 rings (SSSR count). The largest absolute Gasteiger partial charge is 1.00 e. The van der Waals surface area contributed by atoms with Crippen molar-refractivity contribution in [1.82, 2.24) is 10.3 Å². The van der Waals surface area contributed by atoms with Crippen molar-refractivity contribution in [1.29, 1.82) is 0 Å². The molecule has 8 heteroatoms. The van der Waals surface area contributed by atoms with Crippen LogP contribution < -0.4 is 48.0 Å². The Morgan fingerprint density at radius 1 is 0.643 bits per heavy atom. The molecule has 0 bridgehead atoms. The molecule has 0 aliphatic carbocycles. The molecule has 0 amide bonds. The van der Waals surface area contributed by atoms with E-state index in [0.717, 1.165) is 0 Å². The zero-order valence-corrected chi connectivity index (χ0v) is 12.8. The van der Waals surface area contributed by atoms with Crippen molar-refractivity contribution in [2.24, 2.45) is 0 Å². The number of rotatable bonds is 2. The maximum absolute atomic E-state index is 9.76. The van der Waals surface area contributed by atoms with Crippen molar-refractivity contribution >= 4 is 16.5 Å². The van der Waals surface area contributed by atoms with Gasteiger partial charge in [0.25, 0.3) is 0 Å². The van der Waals surface area contributed by atoms with Gasteiger partial charge < -0.3 is 20.7 Å². The molecule has 14 heavy (non-hydrogen) atoms. The Kier molecular flexibility index (Phi) is 19.3. The van der Waals surface area contributed by atoms with E-state index in [1.54, 1.807) is 0 Å². The van der Waals surface area contributed by atoms with Crippen LogP contribution in [0.15, 0.2) is 0 Å². The van der Waals surface area contributed by atoms with Gasteiger partial charge in [-0.3, -0.25) is 0 Å². The molecule has 4 nitrogen and oxygen atoms in total. The minimum Gasteiger partial charge on any atom is -0.794 e. The minimum absolute atomic E-state index is 0. The van der Waals surface area contributed by atoms with Crippen molar-refractivity contribution in [3.8, 4) is 0 Å². The van der Waals surface area contributed by atoms with Gasteiger partial charge in [0.15, 0.2) is 0 Å². The summed E-state index contributed by atoms with van der Waals surface area (Å²) in [5, 5.41) is 23.5. The summed E-state index contributed by atoms with van der Waals surface area (Å²) in [6, 6.07) is 0. The molecule has 2 N–H and O–H groups in total. The van der Waals surface area contributed by atoms with Gasteiger partial charge in [-0.25, -0.2) is 0 Å². The second kappa shape index (κ2) is 11.0. The summed E-state index contributed by atoms with van der Waals surface area (Å²) in [6.45, 7) is 11.8. The van der Waals surface area contributed by atoms with Crippen LogP contribution in [0.1, 0.15) is 0 Å². The summed E-state index contributed by atoms with van der Waals surface area (Å²) in [5.74, 6) is 0. The van der Waals surface area contributed by atoms with Gasteiger partial charge in [0, 0.05) is 0 Å².